The number of carbonyl (C=O) groups is 1. The quantitative estimate of drug-likeness (QED) is 0.541. The second-order valence-electron chi connectivity index (χ2n) is 3.50. The number of aliphatic carboxylic acids is 1. The largest absolute Gasteiger partial charge is 0.544 e. The van der Waals surface area contributed by atoms with Gasteiger partial charge in [0, 0.05) is 6.42 Å². The summed E-state index contributed by atoms with van der Waals surface area (Å²) in [5, 5.41) is 19.6. The third kappa shape index (κ3) is 2.10. The van der Waals surface area contributed by atoms with Gasteiger partial charge < -0.3 is 15.0 Å². The second-order valence-corrected chi connectivity index (χ2v) is 3.50. The highest BCUT2D eigenvalue weighted by atomic mass is 16.4. The van der Waals surface area contributed by atoms with Gasteiger partial charge in [0.2, 0.25) is 0 Å². The monoisotopic (exact) mass is 200 g/mol. The Kier molecular flexibility index (Phi) is 3.60. The van der Waals surface area contributed by atoms with Crippen molar-refractivity contribution in [3.05, 3.63) is 0 Å². The van der Waals surface area contributed by atoms with Gasteiger partial charge in [-0.15, -0.1) is 0 Å². The number of nitrogens with zero attached hydrogens (tertiary/aromatic N) is 2. The lowest BCUT2D eigenvalue weighted by Gasteiger charge is -2.34. The number of rotatable bonds is 5. The van der Waals surface area contributed by atoms with Gasteiger partial charge >= 0.3 is 0 Å². The molecule has 0 aromatic carbocycles. The number of aliphatic imine (C=N–C) groups is 1. The minimum atomic E-state index is -1.08. The van der Waals surface area contributed by atoms with E-state index < -0.39 is 5.97 Å². The van der Waals surface area contributed by atoms with Crippen LogP contribution in [0, 0.1) is 0 Å². The molecule has 80 valence electrons. The maximum absolute atomic E-state index is 10.6. The maximum atomic E-state index is 10.6. The molecule has 0 spiro atoms. The molecular weight excluding hydrogens is 184 g/mol. The smallest absolute Gasteiger partial charge is 0.198 e. The number of carbonyl (C=O) groups excluding carboxylic acids is 1. The van der Waals surface area contributed by atoms with Crippen LogP contribution in [0.4, 0.5) is 0 Å². The topological polar surface area (TPSA) is 72.7 Å². The van der Waals surface area contributed by atoms with E-state index in [4.69, 9.17) is 5.11 Å². The zero-order valence-corrected chi connectivity index (χ0v) is 8.40. The molecule has 1 N–H and O–H groups in total. The number of aliphatic hydroxyl groups is 1. The number of amidine groups is 1. The fourth-order valence-corrected chi connectivity index (χ4v) is 2.03. The summed E-state index contributed by atoms with van der Waals surface area (Å²) in [5.74, 6) is -0.218. The normalized spacial score (nSPS) is 26.3. The lowest BCUT2D eigenvalue weighted by atomic mass is 10.3. The van der Waals surface area contributed by atoms with E-state index in [9.17, 15) is 9.90 Å². The molecule has 0 aliphatic carbocycles. The Morgan fingerprint density at radius 2 is 2.43 bits per heavy atom. The molecule has 5 heteroatoms. The van der Waals surface area contributed by atoms with Crippen molar-refractivity contribution in [1.29, 1.82) is 0 Å². The zero-order chi connectivity index (χ0) is 10.6. The van der Waals surface area contributed by atoms with Gasteiger partial charge in [-0.25, -0.2) is 4.99 Å². The lowest BCUT2D eigenvalue weighted by Crippen LogP contribution is -2.57. The molecule has 0 saturated heterocycles. The van der Waals surface area contributed by atoms with Gasteiger partial charge in [0.05, 0.1) is 19.1 Å². The number of hydrogen-bond acceptors (Lipinski definition) is 4. The average molecular weight is 200 g/mol. The molecule has 14 heavy (non-hydrogen) atoms. The summed E-state index contributed by atoms with van der Waals surface area (Å²) in [4.78, 5) is 14.9. The molecule has 0 saturated carbocycles. The highest BCUT2D eigenvalue weighted by molar-refractivity contribution is 5.79. The van der Waals surface area contributed by atoms with E-state index in [1.54, 1.807) is 0 Å². The first kappa shape index (κ1) is 11.1. The SMILES string of the molecule is CCC1=NCC[N+]1(CCO)CC(=O)[O-]. The van der Waals surface area contributed by atoms with Gasteiger partial charge in [-0.05, 0) is 0 Å². The summed E-state index contributed by atoms with van der Waals surface area (Å²) in [7, 11) is 0. The van der Waals surface area contributed by atoms with E-state index >= 15 is 0 Å². The zero-order valence-electron chi connectivity index (χ0n) is 8.40. The van der Waals surface area contributed by atoms with Gasteiger partial charge in [0.1, 0.15) is 19.6 Å². The minimum absolute atomic E-state index is 0.0215. The summed E-state index contributed by atoms with van der Waals surface area (Å²) < 4.78 is 0.273. The van der Waals surface area contributed by atoms with Gasteiger partial charge in [0.15, 0.2) is 5.84 Å². The van der Waals surface area contributed by atoms with Crippen molar-refractivity contribution in [2.75, 3.05) is 32.8 Å². The third-order valence-electron chi connectivity index (χ3n) is 2.65. The van der Waals surface area contributed by atoms with E-state index in [1.165, 1.54) is 0 Å². The first-order chi connectivity index (χ1) is 6.64. The Labute approximate surface area is 83.3 Å². The molecule has 5 nitrogen and oxygen atoms in total. The average Bonchev–Trinajstić information content (AvgIpc) is 2.47. The first-order valence-electron chi connectivity index (χ1n) is 4.85. The molecule has 0 radical (unpaired) electrons. The van der Waals surface area contributed by atoms with E-state index in [0.29, 0.717) is 19.6 Å². The second kappa shape index (κ2) is 4.52. The van der Waals surface area contributed by atoms with Crippen molar-refractivity contribution < 1.29 is 19.5 Å². The Morgan fingerprint density at radius 1 is 1.71 bits per heavy atom. The predicted octanol–water partition coefficient (Wildman–Crippen LogP) is -1.63. The summed E-state index contributed by atoms with van der Waals surface area (Å²) in [6.45, 7) is 3.58. The summed E-state index contributed by atoms with van der Waals surface area (Å²) in [6.07, 6.45) is 0.729. The van der Waals surface area contributed by atoms with Crippen LogP contribution < -0.4 is 5.11 Å². The highest BCUT2D eigenvalue weighted by Crippen LogP contribution is 2.16. The Balaban J connectivity index is 2.81. The Hall–Kier alpha value is -0.940. The van der Waals surface area contributed by atoms with E-state index in [-0.39, 0.29) is 17.6 Å². The van der Waals surface area contributed by atoms with Gasteiger partial charge in [-0.3, -0.25) is 4.48 Å². The molecule has 1 unspecified atom stereocenters. The minimum Gasteiger partial charge on any atom is -0.544 e. The number of hydrogen-bond donors (Lipinski definition) is 1. The molecule has 1 rings (SSSR count). The molecule has 1 aliphatic rings. The number of aliphatic hydroxyl groups excluding tert-OH is 1. The molecule has 1 atom stereocenters. The first-order valence-corrected chi connectivity index (χ1v) is 4.85. The molecule has 0 bridgehead atoms. The highest BCUT2D eigenvalue weighted by Gasteiger charge is 2.36. The van der Waals surface area contributed by atoms with Crippen LogP contribution in [0.5, 0.6) is 0 Å². The predicted molar refractivity (Wildman–Crippen MR) is 49.5 cm³/mol. The standard InChI is InChI=1S/C9H16N2O3/c1-2-8-10-3-4-11(8,5-6-12)7-9(13)14/h12H,2-7H2,1H3. The fraction of sp³-hybridized carbons (Fsp3) is 0.778. The Morgan fingerprint density at radius 3 is 2.93 bits per heavy atom. The van der Waals surface area contributed by atoms with Crippen molar-refractivity contribution in [2.45, 2.75) is 13.3 Å². The van der Waals surface area contributed by atoms with Crippen LogP contribution in [-0.2, 0) is 4.79 Å². The Bertz CT molecular complexity index is 252. The van der Waals surface area contributed by atoms with Crippen LogP contribution in [0.2, 0.25) is 0 Å². The van der Waals surface area contributed by atoms with Crippen molar-refractivity contribution >= 4 is 11.8 Å². The molecule has 0 amide bonds. The van der Waals surface area contributed by atoms with E-state index in [1.807, 2.05) is 6.92 Å². The van der Waals surface area contributed by atoms with Crippen LogP contribution in [0.25, 0.3) is 0 Å². The lowest BCUT2D eigenvalue weighted by molar-refractivity contribution is -0.831. The maximum Gasteiger partial charge on any atom is 0.198 e. The van der Waals surface area contributed by atoms with Crippen molar-refractivity contribution in [3.8, 4) is 0 Å². The van der Waals surface area contributed by atoms with Crippen molar-refractivity contribution in [2.24, 2.45) is 4.99 Å². The molecule has 0 aromatic heterocycles. The number of carboxylic acids is 1. The van der Waals surface area contributed by atoms with Gasteiger partial charge in [0.25, 0.3) is 0 Å². The fourth-order valence-electron chi connectivity index (χ4n) is 2.03. The summed E-state index contributed by atoms with van der Waals surface area (Å²) >= 11 is 0. The number of quaternary nitrogens is 1. The van der Waals surface area contributed by atoms with Gasteiger partial charge in [-0.1, -0.05) is 6.92 Å². The molecular formula is C9H16N2O3. The summed E-state index contributed by atoms with van der Waals surface area (Å²) in [5.41, 5.74) is 0. The van der Waals surface area contributed by atoms with Crippen molar-refractivity contribution in [1.82, 2.24) is 0 Å². The van der Waals surface area contributed by atoms with Crippen LogP contribution >= 0.6 is 0 Å². The van der Waals surface area contributed by atoms with E-state index in [0.717, 1.165) is 12.3 Å². The molecule has 0 aromatic rings. The van der Waals surface area contributed by atoms with E-state index in [2.05, 4.69) is 4.99 Å². The summed E-state index contributed by atoms with van der Waals surface area (Å²) in [6, 6.07) is 0. The molecule has 0 fully saturated rings. The van der Waals surface area contributed by atoms with Crippen LogP contribution in [0.1, 0.15) is 13.3 Å². The van der Waals surface area contributed by atoms with Crippen molar-refractivity contribution in [3.63, 3.8) is 0 Å². The molecule has 1 heterocycles. The van der Waals surface area contributed by atoms with Crippen LogP contribution in [0.3, 0.4) is 0 Å². The van der Waals surface area contributed by atoms with Crippen LogP contribution in [0.15, 0.2) is 4.99 Å². The number of carboxylic acid groups (broad SMARTS) is 1. The third-order valence-corrected chi connectivity index (χ3v) is 2.65. The van der Waals surface area contributed by atoms with Crippen LogP contribution in [-0.4, -0.2) is 54.2 Å². The van der Waals surface area contributed by atoms with Gasteiger partial charge in [-0.2, -0.15) is 0 Å². The molecule has 1 aliphatic heterocycles.